The van der Waals surface area contributed by atoms with Crippen LogP contribution >= 0.6 is 11.6 Å². The summed E-state index contributed by atoms with van der Waals surface area (Å²) in [7, 11) is 0. The summed E-state index contributed by atoms with van der Waals surface area (Å²) in [6, 6.07) is 5.36. The van der Waals surface area contributed by atoms with Crippen LogP contribution in [0.15, 0.2) is 18.2 Å². The normalized spacial score (nSPS) is 10.0. The van der Waals surface area contributed by atoms with E-state index in [1.807, 2.05) is 13.0 Å². The quantitative estimate of drug-likeness (QED) is 0.759. The highest BCUT2D eigenvalue weighted by molar-refractivity contribution is 6.17. The molecule has 0 fully saturated rings. The number of carbonyl (C=O) groups is 1. The number of benzene rings is 1. The van der Waals surface area contributed by atoms with Crippen molar-refractivity contribution in [3.05, 3.63) is 34.9 Å². The summed E-state index contributed by atoms with van der Waals surface area (Å²) in [5.74, 6) is -0.669. The van der Waals surface area contributed by atoms with Gasteiger partial charge in [-0.15, -0.1) is 11.6 Å². The van der Waals surface area contributed by atoms with E-state index < -0.39 is 5.97 Å². The van der Waals surface area contributed by atoms with E-state index in [1.165, 1.54) is 0 Å². The van der Waals surface area contributed by atoms with Gasteiger partial charge in [-0.3, -0.25) is 0 Å². The lowest BCUT2D eigenvalue weighted by Crippen LogP contribution is -2.02. The van der Waals surface area contributed by atoms with Gasteiger partial charge in [-0.25, -0.2) is 4.79 Å². The van der Waals surface area contributed by atoms with Crippen molar-refractivity contribution >= 4 is 17.6 Å². The van der Waals surface area contributed by atoms with Crippen LogP contribution in [0, 0.1) is 0 Å². The Labute approximate surface area is 82.2 Å². The van der Waals surface area contributed by atoms with Crippen LogP contribution in [-0.4, -0.2) is 11.1 Å². The summed E-state index contributed by atoms with van der Waals surface area (Å²) in [6.07, 6.45) is 0.836. The Hall–Kier alpha value is -1.02. The SMILES string of the molecule is CCc1ccc(CCl)c(C(=O)O)c1. The zero-order valence-electron chi connectivity index (χ0n) is 7.38. The molecule has 0 heterocycles. The van der Waals surface area contributed by atoms with Crippen molar-refractivity contribution in [2.75, 3.05) is 0 Å². The summed E-state index contributed by atoms with van der Waals surface area (Å²) in [6.45, 7) is 1.99. The molecule has 0 saturated carbocycles. The minimum absolute atomic E-state index is 0.242. The lowest BCUT2D eigenvalue weighted by Gasteiger charge is -2.04. The monoisotopic (exact) mass is 198 g/mol. The molecule has 2 nitrogen and oxygen atoms in total. The van der Waals surface area contributed by atoms with Gasteiger partial charge in [0.2, 0.25) is 0 Å². The Morgan fingerprint density at radius 2 is 2.23 bits per heavy atom. The summed E-state index contributed by atoms with van der Waals surface area (Å²) >= 11 is 5.61. The number of hydrogen-bond donors (Lipinski definition) is 1. The van der Waals surface area contributed by atoms with E-state index in [4.69, 9.17) is 16.7 Å². The molecule has 0 aliphatic rings. The van der Waals surface area contributed by atoms with Gasteiger partial charge in [0.15, 0.2) is 0 Å². The molecule has 0 atom stereocenters. The lowest BCUT2D eigenvalue weighted by atomic mass is 10.0. The molecule has 1 rings (SSSR count). The molecular weight excluding hydrogens is 188 g/mol. The van der Waals surface area contributed by atoms with Crippen LogP contribution in [0.2, 0.25) is 0 Å². The average molecular weight is 199 g/mol. The fourth-order valence-corrected chi connectivity index (χ4v) is 1.39. The number of alkyl halides is 1. The van der Waals surface area contributed by atoms with Crippen molar-refractivity contribution in [1.29, 1.82) is 0 Å². The van der Waals surface area contributed by atoms with Gasteiger partial charge >= 0.3 is 5.97 Å². The molecule has 70 valence electrons. The topological polar surface area (TPSA) is 37.3 Å². The maximum absolute atomic E-state index is 10.8. The Morgan fingerprint density at radius 3 is 2.69 bits per heavy atom. The fourth-order valence-electron chi connectivity index (χ4n) is 1.16. The molecule has 0 aliphatic heterocycles. The number of aromatic carboxylic acids is 1. The Balaban J connectivity index is 3.18. The van der Waals surface area contributed by atoms with Crippen molar-refractivity contribution in [2.24, 2.45) is 0 Å². The minimum Gasteiger partial charge on any atom is -0.478 e. The second-order valence-corrected chi connectivity index (χ2v) is 3.05. The first-order valence-electron chi connectivity index (χ1n) is 4.10. The van der Waals surface area contributed by atoms with E-state index in [-0.39, 0.29) is 5.88 Å². The van der Waals surface area contributed by atoms with Gasteiger partial charge in [-0.2, -0.15) is 0 Å². The third-order valence-corrected chi connectivity index (χ3v) is 2.24. The molecule has 0 saturated heterocycles. The van der Waals surface area contributed by atoms with E-state index in [2.05, 4.69) is 0 Å². The Kier molecular flexibility index (Phi) is 3.32. The standard InChI is InChI=1S/C10H11ClO2/c1-2-7-3-4-8(6-11)9(5-7)10(12)13/h3-5H,2,6H2,1H3,(H,12,13). The van der Waals surface area contributed by atoms with Crippen molar-refractivity contribution in [3.63, 3.8) is 0 Å². The molecule has 0 amide bonds. The fraction of sp³-hybridized carbons (Fsp3) is 0.300. The molecule has 1 N–H and O–H groups in total. The molecule has 0 bridgehead atoms. The average Bonchev–Trinajstić information content (AvgIpc) is 2.16. The second-order valence-electron chi connectivity index (χ2n) is 2.78. The summed E-state index contributed by atoms with van der Waals surface area (Å²) in [5, 5.41) is 8.86. The van der Waals surface area contributed by atoms with Crippen molar-refractivity contribution < 1.29 is 9.90 Å². The van der Waals surface area contributed by atoms with E-state index >= 15 is 0 Å². The maximum atomic E-state index is 10.8. The van der Waals surface area contributed by atoms with E-state index in [0.29, 0.717) is 11.1 Å². The molecular formula is C10H11ClO2. The number of carboxylic acids is 1. The Morgan fingerprint density at radius 1 is 1.54 bits per heavy atom. The van der Waals surface area contributed by atoms with Crippen molar-refractivity contribution in [3.8, 4) is 0 Å². The molecule has 13 heavy (non-hydrogen) atoms. The predicted octanol–water partition coefficient (Wildman–Crippen LogP) is 2.69. The predicted molar refractivity (Wildman–Crippen MR) is 52.3 cm³/mol. The van der Waals surface area contributed by atoms with Crippen molar-refractivity contribution in [1.82, 2.24) is 0 Å². The van der Waals surface area contributed by atoms with Crippen LogP contribution in [0.5, 0.6) is 0 Å². The summed E-state index contributed by atoms with van der Waals surface area (Å²) in [4.78, 5) is 10.8. The highest BCUT2D eigenvalue weighted by Gasteiger charge is 2.09. The maximum Gasteiger partial charge on any atom is 0.336 e. The second kappa shape index (κ2) is 4.28. The van der Waals surface area contributed by atoms with Crippen LogP contribution in [0.4, 0.5) is 0 Å². The zero-order chi connectivity index (χ0) is 9.84. The highest BCUT2D eigenvalue weighted by atomic mass is 35.5. The first-order chi connectivity index (χ1) is 6.19. The number of aryl methyl sites for hydroxylation is 1. The van der Waals surface area contributed by atoms with Crippen molar-refractivity contribution in [2.45, 2.75) is 19.2 Å². The highest BCUT2D eigenvalue weighted by Crippen LogP contribution is 2.14. The zero-order valence-corrected chi connectivity index (χ0v) is 8.14. The third kappa shape index (κ3) is 2.22. The van der Waals surface area contributed by atoms with Crippen LogP contribution in [0.3, 0.4) is 0 Å². The van der Waals surface area contributed by atoms with Gasteiger partial charge in [-0.05, 0) is 23.6 Å². The van der Waals surface area contributed by atoms with Gasteiger partial charge in [0.25, 0.3) is 0 Å². The van der Waals surface area contributed by atoms with Crippen LogP contribution in [0.25, 0.3) is 0 Å². The number of carboxylic acid groups (broad SMARTS) is 1. The number of halogens is 1. The molecule has 1 aromatic carbocycles. The molecule has 0 aromatic heterocycles. The summed E-state index contributed by atoms with van der Waals surface area (Å²) in [5.41, 5.74) is 2.01. The van der Waals surface area contributed by atoms with E-state index in [9.17, 15) is 4.79 Å². The molecule has 0 aliphatic carbocycles. The molecule has 0 radical (unpaired) electrons. The van der Waals surface area contributed by atoms with Gasteiger partial charge in [0, 0.05) is 5.88 Å². The number of rotatable bonds is 3. The Bertz CT molecular complexity index is 321. The summed E-state index contributed by atoms with van der Waals surface area (Å²) < 4.78 is 0. The molecule has 3 heteroatoms. The minimum atomic E-state index is -0.911. The van der Waals surface area contributed by atoms with E-state index in [1.54, 1.807) is 12.1 Å². The van der Waals surface area contributed by atoms with Gasteiger partial charge in [-0.1, -0.05) is 19.1 Å². The first kappa shape index (κ1) is 10.1. The van der Waals surface area contributed by atoms with Gasteiger partial charge in [0.05, 0.1) is 5.56 Å². The van der Waals surface area contributed by atoms with Crippen LogP contribution in [0.1, 0.15) is 28.4 Å². The largest absolute Gasteiger partial charge is 0.478 e. The smallest absolute Gasteiger partial charge is 0.336 e. The first-order valence-corrected chi connectivity index (χ1v) is 4.63. The molecule has 0 spiro atoms. The third-order valence-electron chi connectivity index (χ3n) is 1.96. The lowest BCUT2D eigenvalue weighted by molar-refractivity contribution is 0.0696. The van der Waals surface area contributed by atoms with E-state index in [0.717, 1.165) is 12.0 Å². The van der Waals surface area contributed by atoms with Gasteiger partial charge < -0.3 is 5.11 Å². The molecule has 1 aromatic rings. The van der Waals surface area contributed by atoms with Gasteiger partial charge in [0.1, 0.15) is 0 Å². The van der Waals surface area contributed by atoms with Crippen LogP contribution < -0.4 is 0 Å². The number of hydrogen-bond acceptors (Lipinski definition) is 1. The van der Waals surface area contributed by atoms with Crippen LogP contribution in [-0.2, 0) is 12.3 Å². The molecule has 0 unspecified atom stereocenters.